The molecule has 2 aliphatic carbocycles. The van der Waals surface area contributed by atoms with Crippen LogP contribution in [-0.2, 0) is 0 Å². The number of hydrogen-bond donors (Lipinski definition) is 0. The average molecular weight is 165 g/mol. The highest BCUT2D eigenvalue weighted by molar-refractivity contribution is 5.16. The van der Waals surface area contributed by atoms with E-state index in [2.05, 4.69) is 26.8 Å². The highest BCUT2D eigenvalue weighted by atomic mass is 14.6. The molecule has 0 atom stereocenters. The van der Waals surface area contributed by atoms with Gasteiger partial charge in [-0.2, -0.15) is 5.26 Å². The van der Waals surface area contributed by atoms with Crippen LogP contribution in [0, 0.1) is 22.2 Å². The first-order valence-electron chi connectivity index (χ1n) is 5.01. The van der Waals surface area contributed by atoms with Crippen molar-refractivity contribution in [2.24, 2.45) is 10.8 Å². The smallest absolute Gasteiger partial charge is 0.0687 e. The molecule has 68 valence electrons. The van der Waals surface area contributed by atoms with Crippen LogP contribution in [0.3, 0.4) is 0 Å². The lowest BCUT2D eigenvalue weighted by atomic mass is 9.62. The van der Waals surface area contributed by atoms with Crippen LogP contribution in [0.15, 0.2) is 0 Å². The van der Waals surface area contributed by atoms with Crippen molar-refractivity contribution in [2.75, 3.05) is 0 Å². The summed E-state index contributed by atoms with van der Waals surface area (Å²) in [5, 5.41) is 8.66. The average Bonchev–Trinajstić information content (AvgIpc) is 2.69. The fourth-order valence-corrected chi connectivity index (χ4v) is 2.21. The number of nitrogens with zero attached hydrogens (tertiary/aromatic N) is 1. The second-order valence-electron chi connectivity index (χ2n) is 4.73. The molecule has 0 aliphatic heterocycles. The van der Waals surface area contributed by atoms with Crippen LogP contribution in [0.4, 0.5) is 0 Å². The summed E-state index contributed by atoms with van der Waals surface area (Å²) < 4.78 is 0. The molecule has 0 heterocycles. The molecule has 2 aliphatic rings. The number of rotatable bonds is 0. The van der Waals surface area contributed by atoms with E-state index in [1.807, 2.05) is 0 Å². The van der Waals surface area contributed by atoms with Crippen LogP contribution >= 0.6 is 0 Å². The number of hydrogen-bond acceptors (Lipinski definition) is 1. The molecule has 1 nitrogen and oxygen atoms in total. The highest BCUT2D eigenvalue weighted by Crippen LogP contribution is 2.68. The van der Waals surface area contributed by atoms with Crippen LogP contribution in [0.1, 0.15) is 52.9 Å². The van der Waals surface area contributed by atoms with Gasteiger partial charge in [0.15, 0.2) is 0 Å². The molecule has 0 aromatic heterocycles. The maximum atomic E-state index is 8.66. The molecule has 0 bridgehead atoms. The Morgan fingerprint density at radius 1 is 1.25 bits per heavy atom. The zero-order valence-corrected chi connectivity index (χ0v) is 8.48. The standard InChI is InChI=1S/C8H11N.C3H8/c1-7(6-9)4-8(5-7)2-3-8;1-3-2/h2-5H2,1H3;3H2,1-2H3. The third kappa shape index (κ3) is 1.80. The van der Waals surface area contributed by atoms with E-state index >= 15 is 0 Å². The zero-order chi connectivity index (χ0) is 9.24. The van der Waals surface area contributed by atoms with Crippen molar-refractivity contribution in [1.82, 2.24) is 0 Å². The first-order chi connectivity index (χ1) is 5.60. The molecule has 0 aromatic rings. The van der Waals surface area contributed by atoms with Crippen molar-refractivity contribution in [3.63, 3.8) is 0 Å². The van der Waals surface area contributed by atoms with Gasteiger partial charge in [0.05, 0.1) is 11.5 Å². The van der Waals surface area contributed by atoms with Gasteiger partial charge in [-0.15, -0.1) is 0 Å². The van der Waals surface area contributed by atoms with Gasteiger partial charge in [-0.05, 0) is 38.0 Å². The lowest BCUT2D eigenvalue weighted by Gasteiger charge is -2.40. The minimum atomic E-state index is 0.0660. The van der Waals surface area contributed by atoms with Crippen LogP contribution in [-0.4, -0.2) is 0 Å². The second kappa shape index (κ2) is 3.09. The Morgan fingerprint density at radius 2 is 1.67 bits per heavy atom. The molecule has 0 aromatic carbocycles. The van der Waals surface area contributed by atoms with E-state index in [-0.39, 0.29) is 5.41 Å². The van der Waals surface area contributed by atoms with E-state index in [1.54, 1.807) is 0 Å². The first kappa shape index (κ1) is 9.58. The third-order valence-electron chi connectivity index (χ3n) is 2.76. The van der Waals surface area contributed by atoms with E-state index in [0.29, 0.717) is 5.41 Å². The minimum absolute atomic E-state index is 0.0660. The van der Waals surface area contributed by atoms with E-state index in [9.17, 15) is 0 Å². The Balaban J connectivity index is 0.000000213. The predicted octanol–water partition coefficient (Wildman–Crippen LogP) is 3.51. The summed E-state index contributed by atoms with van der Waals surface area (Å²) in [5.41, 5.74) is 0.751. The normalized spacial score (nSPS) is 26.2. The van der Waals surface area contributed by atoms with Crippen molar-refractivity contribution in [2.45, 2.75) is 52.9 Å². The quantitative estimate of drug-likeness (QED) is 0.539. The predicted molar refractivity (Wildman–Crippen MR) is 50.6 cm³/mol. The molecule has 0 amide bonds. The third-order valence-corrected chi connectivity index (χ3v) is 2.76. The van der Waals surface area contributed by atoms with Gasteiger partial charge in [0.2, 0.25) is 0 Å². The Hall–Kier alpha value is -0.510. The van der Waals surface area contributed by atoms with Crippen LogP contribution in [0.2, 0.25) is 0 Å². The van der Waals surface area contributed by atoms with Gasteiger partial charge in [0.25, 0.3) is 0 Å². The van der Waals surface area contributed by atoms with E-state index in [4.69, 9.17) is 5.26 Å². The summed E-state index contributed by atoms with van der Waals surface area (Å²) in [5.74, 6) is 0. The van der Waals surface area contributed by atoms with Crippen molar-refractivity contribution < 1.29 is 0 Å². The zero-order valence-electron chi connectivity index (χ0n) is 8.48. The van der Waals surface area contributed by atoms with E-state index in [0.717, 1.165) is 0 Å². The van der Waals surface area contributed by atoms with Crippen molar-refractivity contribution >= 4 is 0 Å². The Bertz CT molecular complexity index is 188. The summed E-state index contributed by atoms with van der Waals surface area (Å²) >= 11 is 0. The maximum Gasteiger partial charge on any atom is 0.0687 e. The maximum absolute atomic E-state index is 8.66. The lowest BCUT2D eigenvalue weighted by molar-refractivity contribution is 0.115. The Kier molecular flexibility index (Phi) is 2.46. The number of nitriles is 1. The van der Waals surface area contributed by atoms with Crippen LogP contribution < -0.4 is 0 Å². The van der Waals surface area contributed by atoms with Gasteiger partial charge in [-0.3, -0.25) is 0 Å². The topological polar surface area (TPSA) is 23.8 Å². The molecule has 0 N–H and O–H groups in total. The van der Waals surface area contributed by atoms with Gasteiger partial charge < -0.3 is 0 Å². The van der Waals surface area contributed by atoms with Gasteiger partial charge in [-0.1, -0.05) is 20.3 Å². The fraction of sp³-hybridized carbons (Fsp3) is 0.909. The van der Waals surface area contributed by atoms with Crippen molar-refractivity contribution in [3.05, 3.63) is 0 Å². The summed E-state index contributed by atoms with van der Waals surface area (Å²) in [6.45, 7) is 6.33. The van der Waals surface area contributed by atoms with Crippen LogP contribution in [0.25, 0.3) is 0 Å². The molecule has 0 unspecified atom stereocenters. The van der Waals surface area contributed by atoms with Gasteiger partial charge in [0, 0.05) is 0 Å². The van der Waals surface area contributed by atoms with Crippen molar-refractivity contribution in [1.29, 1.82) is 5.26 Å². The molecule has 0 saturated heterocycles. The van der Waals surface area contributed by atoms with E-state index in [1.165, 1.54) is 32.1 Å². The van der Waals surface area contributed by atoms with Crippen molar-refractivity contribution in [3.8, 4) is 6.07 Å². The van der Waals surface area contributed by atoms with Gasteiger partial charge in [0.1, 0.15) is 0 Å². The molecule has 1 spiro atoms. The Labute approximate surface area is 75.8 Å². The largest absolute Gasteiger partial charge is 0.198 e. The van der Waals surface area contributed by atoms with Gasteiger partial charge >= 0.3 is 0 Å². The summed E-state index contributed by atoms with van der Waals surface area (Å²) in [4.78, 5) is 0. The highest BCUT2D eigenvalue weighted by Gasteiger charge is 2.58. The molecule has 0 radical (unpaired) electrons. The minimum Gasteiger partial charge on any atom is -0.198 e. The SMILES string of the molecule is CC1(C#N)CC2(CC2)C1.CCC. The summed E-state index contributed by atoms with van der Waals surface area (Å²) in [6, 6.07) is 2.37. The van der Waals surface area contributed by atoms with Gasteiger partial charge in [-0.25, -0.2) is 0 Å². The molecule has 1 heteroatoms. The molecule has 12 heavy (non-hydrogen) atoms. The molecular weight excluding hydrogens is 146 g/mol. The first-order valence-corrected chi connectivity index (χ1v) is 5.01. The molecular formula is C11H19N. The molecule has 2 fully saturated rings. The lowest BCUT2D eigenvalue weighted by Crippen LogP contribution is -2.34. The van der Waals surface area contributed by atoms with E-state index < -0.39 is 0 Å². The monoisotopic (exact) mass is 165 g/mol. The Morgan fingerprint density at radius 3 is 1.92 bits per heavy atom. The molecule has 2 saturated carbocycles. The second-order valence-corrected chi connectivity index (χ2v) is 4.73. The summed E-state index contributed by atoms with van der Waals surface area (Å²) in [7, 11) is 0. The molecule has 2 rings (SSSR count). The fourth-order valence-electron chi connectivity index (χ4n) is 2.21. The summed E-state index contributed by atoms with van der Waals surface area (Å²) in [6.07, 6.45) is 6.39. The van der Waals surface area contributed by atoms with Crippen LogP contribution in [0.5, 0.6) is 0 Å².